The zero-order valence-electron chi connectivity index (χ0n) is 9.92. The van der Waals surface area contributed by atoms with Crippen LogP contribution in [0.2, 0.25) is 0 Å². The number of carbonyl (C=O) groups is 1. The lowest BCUT2D eigenvalue weighted by Crippen LogP contribution is -2.06. The number of hydrogen-bond donors (Lipinski definition) is 1. The van der Waals surface area contributed by atoms with Crippen molar-refractivity contribution in [2.24, 2.45) is 0 Å². The Labute approximate surface area is 104 Å². The van der Waals surface area contributed by atoms with Gasteiger partial charge < -0.3 is 14.6 Å². The maximum Gasteiger partial charge on any atom is 0.339 e. The summed E-state index contributed by atoms with van der Waals surface area (Å²) in [5.74, 6) is 0.291. The molecule has 0 atom stereocenters. The lowest BCUT2D eigenvalue weighted by Gasteiger charge is -2.04. The van der Waals surface area contributed by atoms with E-state index in [0.717, 1.165) is 5.69 Å². The molecule has 0 saturated carbocycles. The lowest BCUT2D eigenvalue weighted by molar-refractivity contribution is 0.0526. The largest absolute Gasteiger partial charge is 0.462 e. The minimum Gasteiger partial charge on any atom is -0.462 e. The van der Waals surface area contributed by atoms with Crippen molar-refractivity contribution >= 4 is 11.8 Å². The Morgan fingerprint density at radius 3 is 2.94 bits per heavy atom. The second kappa shape index (κ2) is 5.81. The maximum absolute atomic E-state index is 11.4. The molecule has 0 fully saturated rings. The normalized spacial score (nSPS) is 10.1. The molecule has 0 saturated heterocycles. The van der Waals surface area contributed by atoms with E-state index >= 15 is 0 Å². The smallest absolute Gasteiger partial charge is 0.339 e. The summed E-state index contributed by atoms with van der Waals surface area (Å²) in [5.41, 5.74) is 1.22. The number of nitrogens with zero attached hydrogens (tertiary/aromatic N) is 2. The van der Waals surface area contributed by atoms with Gasteiger partial charge in [-0.15, -0.1) is 0 Å². The highest BCUT2D eigenvalue weighted by Gasteiger charge is 2.06. The van der Waals surface area contributed by atoms with Crippen LogP contribution >= 0.6 is 0 Å². The monoisotopic (exact) mass is 247 g/mol. The molecule has 1 N–H and O–H groups in total. The van der Waals surface area contributed by atoms with Gasteiger partial charge in [0.15, 0.2) is 0 Å². The second-order valence-corrected chi connectivity index (χ2v) is 3.50. The molecule has 0 aromatic carbocycles. The van der Waals surface area contributed by atoms with Crippen molar-refractivity contribution in [2.75, 3.05) is 11.9 Å². The van der Waals surface area contributed by atoms with E-state index in [9.17, 15) is 4.79 Å². The highest BCUT2D eigenvalue weighted by Crippen LogP contribution is 2.07. The zero-order chi connectivity index (χ0) is 12.8. The SMILES string of the molecule is CCOC(=O)c1ccc(NCc2ccon2)nc1. The van der Waals surface area contributed by atoms with Crippen LogP contribution in [0.1, 0.15) is 23.0 Å². The summed E-state index contributed by atoms with van der Waals surface area (Å²) in [6.45, 7) is 2.63. The van der Waals surface area contributed by atoms with Gasteiger partial charge in [-0.25, -0.2) is 9.78 Å². The van der Waals surface area contributed by atoms with Gasteiger partial charge in [-0.1, -0.05) is 5.16 Å². The third kappa shape index (κ3) is 3.07. The molecule has 2 aromatic heterocycles. The van der Waals surface area contributed by atoms with Gasteiger partial charge in [-0.3, -0.25) is 0 Å². The molecule has 2 rings (SSSR count). The van der Waals surface area contributed by atoms with Gasteiger partial charge >= 0.3 is 5.97 Å². The Hall–Kier alpha value is -2.37. The summed E-state index contributed by atoms with van der Waals surface area (Å²) < 4.78 is 9.57. The fraction of sp³-hybridized carbons (Fsp3) is 0.250. The van der Waals surface area contributed by atoms with Crippen LogP contribution in [-0.4, -0.2) is 22.7 Å². The first-order valence-corrected chi connectivity index (χ1v) is 5.56. The van der Waals surface area contributed by atoms with Gasteiger partial charge in [0.05, 0.1) is 18.7 Å². The third-order valence-corrected chi connectivity index (χ3v) is 2.22. The van der Waals surface area contributed by atoms with E-state index in [1.807, 2.05) is 0 Å². The maximum atomic E-state index is 11.4. The molecule has 0 unspecified atom stereocenters. The number of hydrogen-bond acceptors (Lipinski definition) is 6. The van der Waals surface area contributed by atoms with Crippen LogP contribution in [0.25, 0.3) is 0 Å². The summed E-state index contributed by atoms with van der Waals surface area (Å²) in [7, 11) is 0. The number of nitrogens with one attached hydrogen (secondary N) is 1. The first-order valence-electron chi connectivity index (χ1n) is 5.56. The zero-order valence-corrected chi connectivity index (χ0v) is 9.92. The Bertz CT molecular complexity index is 494. The minimum atomic E-state index is -0.368. The molecule has 0 aliphatic carbocycles. The van der Waals surface area contributed by atoms with Crippen molar-refractivity contribution in [3.8, 4) is 0 Å². The number of ether oxygens (including phenoxy) is 1. The van der Waals surface area contributed by atoms with Crippen molar-refractivity contribution < 1.29 is 14.1 Å². The summed E-state index contributed by atoms with van der Waals surface area (Å²) in [6, 6.07) is 5.14. The van der Waals surface area contributed by atoms with Crippen LogP contribution in [0.4, 0.5) is 5.82 Å². The number of carbonyl (C=O) groups excluding carboxylic acids is 1. The average Bonchev–Trinajstić information content (AvgIpc) is 2.90. The summed E-state index contributed by atoms with van der Waals surface area (Å²) >= 11 is 0. The Kier molecular flexibility index (Phi) is 3.90. The van der Waals surface area contributed by atoms with Crippen molar-refractivity contribution in [1.29, 1.82) is 0 Å². The molecular formula is C12H13N3O3. The van der Waals surface area contributed by atoms with Crippen LogP contribution in [0.15, 0.2) is 35.2 Å². The predicted octanol–water partition coefficient (Wildman–Crippen LogP) is 1.86. The van der Waals surface area contributed by atoms with Crippen LogP contribution in [0.5, 0.6) is 0 Å². The van der Waals surface area contributed by atoms with E-state index < -0.39 is 0 Å². The van der Waals surface area contributed by atoms with E-state index in [1.54, 1.807) is 25.1 Å². The first kappa shape index (κ1) is 12.1. The molecule has 0 aliphatic heterocycles. The van der Waals surface area contributed by atoms with E-state index in [0.29, 0.717) is 24.5 Å². The van der Waals surface area contributed by atoms with Crippen LogP contribution in [0.3, 0.4) is 0 Å². The third-order valence-electron chi connectivity index (χ3n) is 2.22. The van der Waals surface area contributed by atoms with Crippen LogP contribution in [-0.2, 0) is 11.3 Å². The molecule has 0 bridgehead atoms. The summed E-state index contributed by atoms with van der Waals surface area (Å²) in [6.07, 6.45) is 2.98. The Morgan fingerprint density at radius 2 is 2.33 bits per heavy atom. The van der Waals surface area contributed by atoms with Gasteiger partial charge in [0.2, 0.25) is 0 Å². The van der Waals surface area contributed by atoms with E-state index in [2.05, 4.69) is 15.5 Å². The number of anilines is 1. The first-order chi connectivity index (χ1) is 8.79. The van der Waals surface area contributed by atoms with Crippen molar-refractivity contribution in [3.05, 3.63) is 41.9 Å². The molecule has 2 aromatic rings. The summed E-state index contributed by atoms with van der Waals surface area (Å²) in [4.78, 5) is 15.5. The standard InChI is InChI=1S/C12H13N3O3/c1-2-17-12(16)9-3-4-11(13-7-9)14-8-10-5-6-18-15-10/h3-7H,2,8H2,1H3,(H,13,14). The highest BCUT2D eigenvalue weighted by molar-refractivity contribution is 5.89. The minimum absolute atomic E-state index is 0.352. The average molecular weight is 247 g/mol. The number of esters is 1. The topological polar surface area (TPSA) is 77.2 Å². The Morgan fingerprint density at radius 1 is 1.44 bits per heavy atom. The quantitative estimate of drug-likeness (QED) is 0.812. The van der Waals surface area contributed by atoms with Crippen molar-refractivity contribution in [2.45, 2.75) is 13.5 Å². The summed E-state index contributed by atoms with van der Waals surface area (Å²) in [5, 5.41) is 6.82. The molecule has 94 valence electrons. The van der Waals surface area contributed by atoms with Gasteiger partial charge in [0.25, 0.3) is 0 Å². The molecule has 0 aliphatic rings. The van der Waals surface area contributed by atoms with Gasteiger partial charge in [-0.2, -0.15) is 0 Å². The molecule has 6 heteroatoms. The predicted molar refractivity (Wildman–Crippen MR) is 64.0 cm³/mol. The van der Waals surface area contributed by atoms with Crippen molar-refractivity contribution in [1.82, 2.24) is 10.1 Å². The van der Waals surface area contributed by atoms with E-state index in [-0.39, 0.29) is 5.97 Å². The van der Waals surface area contributed by atoms with E-state index in [1.165, 1.54) is 12.5 Å². The second-order valence-electron chi connectivity index (χ2n) is 3.50. The number of rotatable bonds is 5. The molecule has 0 amide bonds. The van der Waals surface area contributed by atoms with E-state index in [4.69, 9.17) is 9.26 Å². The fourth-order valence-electron chi connectivity index (χ4n) is 1.34. The van der Waals surface area contributed by atoms with Gasteiger partial charge in [-0.05, 0) is 19.1 Å². The fourth-order valence-corrected chi connectivity index (χ4v) is 1.34. The van der Waals surface area contributed by atoms with Crippen LogP contribution in [0, 0.1) is 0 Å². The van der Waals surface area contributed by atoms with Gasteiger partial charge in [0, 0.05) is 12.3 Å². The Balaban J connectivity index is 1.93. The lowest BCUT2D eigenvalue weighted by atomic mass is 10.3. The molecule has 2 heterocycles. The van der Waals surface area contributed by atoms with Gasteiger partial charge in [0.1, 0.15) is 17.8 Å². The van der Waals surface area contributed by atoms with Crippen molar-refractivity contribution in [3.63, 3.8) is 0 Å². The highest BCUT2D eigenvalue weighted by atomic mass is 16.5. The molecular weight excluding hydrogens is 234 g/mol. The molecule has 6 nitrogen and oxygen atoms in total. The number of aromatic nitrogens is 2. The molecule has 0 radical (unpaired) electrons. The number of pyridine rings is 1. The molecule has 0 spiro atoms. The van der Waals surface area contributed by atoms with Crippen LogP contribution < -0.4 is 5.32 Å². The molecule has 18 heavy (non-hydrogen) atoms.